The highest BCUT2D eigenvalue weighted by Gasteiger charge is 1.81. The average Bonchev–Trinajstić information content (AvgIpc) is 2.19. The monoisotopic (exact) mass is 243 g/mol. The van der Waals surface area contributed by atoms with Gasteiger partial charge in [0, 0.05) is 12.3 Å². The molecule has 0 amide bonds. The molecule has 0 radical (unpaired) electrons. The number of rotatable bonds is 1. The Morgan fingerprint density at radius 2 is 2.38 bits per heavy atom. The first-order valence-electron chi connectivity index (χ1n) is 3.47. The second-order valence-electron chi connectivity index (χ2n) is 1.88. The smallest absolute Gasteiger partial charge is 0.329 e. The minimum absolute atomic E-state index is 0.394. The maximum absolute atomic E-state index is 9.84. The van der Waals surface area contributed by atoms with Gasteiger partial charge in [-0.05, 0) is 28.1 Å². The highest BCUT2D eigenvalue weighted by molar-refractivity contribution is 9.10. The van der Waals surface area contributed by atoms with Gasteiger partial charge in [-0.1, -0.05) is 12.6 Å². The molecule has 0 N–H and O–H groups in total. The molecule has 0 bridgehead atoms. The Balaban J connectivity index is 0.000000226. The summed E-state index contributed by atoms with van der Waals surface area (Å²) in [6.45, 7) is 3.16. The standard InChI is InChI=1S/C5H4BrN.C4H6O2/c6-5-3-1-2-4-7-5;1-3-4(5)6-2/h1-4H;3H,1H2,2H3. The van der Waals surface area contributed by atoms with E-state index in [0.717, 1.165) is 10.7 Å². The van der Waals surface area contributed by atoms with E-state index < -0.39 is 5.97 Å². The van der Waals surface area contributed by atoms with Crippen LogP contribution in [0.4, 0.5) is 0 Å². The van der Waals surface area contributed by atoms with Crippen molar-refractivity contribution in [2.75, 3.05) is 7.11 Å². The molecule has 1 aromatic heterocycles. The van der Waals surface area contributed by atoms with Crippen LogP contribution in [0.1, 0.15) is 0 Å². The Kier molecular flexibility index (Phi) is 6.82. The van der Waals surface area contributed by atoms with E-state index in [4.69, 9.17) is 0 Å². The van der Waals surface area contributed by atoms with Gasteiger partial charge in [-0.25, -0.2) is 9.78 Å². The first-order chi connectivity index (χ1) is 6.20. The maximum Gasteiger partial charge on any atom is 0.329 e. The van der Waals surface area contributed by atoms with Gasteiger partial charge in [0.15, 0.2) is 0 Å². The molecule has 4 heteroatoms. The number of carbonyl (C=O) groups is 1. The van der Waals surface area contributed by atoms with Crippen molar-refractivity contribution in [1.29, 1.82) is 0 Å². The van der Waals surface area contributed by atoms with E-state index in [1.807, 2.05) is 18.2 Å². The van der Waals surface area contributed by atoms with Gasteiger partial charge in [0.05, 0.1) is 7.11 Å². The van der Waals surface area contributed by atoms with Crippen LogP contribution in [0.15, 0.2) is 41.7 Å². The van der Waals surface area contributed by atoms with E-state index in [2.05, 4.69) is 32.2 Å². The summed E-state index contributed by atoms with van der Waals surface area (Å²) in [5.74, 6) is -0.394. The number of aromatic nitrogens is 1. The molecule has 1 rings (SSSR count). The molecule has 70 valence electrons. The lowest BCUT2D eigenvalue weighted by molar-refractivity contribution is -0.134. The average molecular weight is 244 g/mol. The Morgan fingerprint density at radius 3 is 2.54 bits per heavy atom. The lowest BCUT2D eigenvalue weighted by Crippen LogP contribution is -1.91. The summed E-state index contributed by atoms with van der Waals surface area (Å²) in [6.07, 6.45) is 2.85. The SMILES string of the molecule is Brc1ccccn1.C=CC(=O)OC. The normalized spacial score (nSPS) is 7.85. The van der Waals surface area contributed by atoms with Crippen molar-refractivity contribution in [3.8, 4) is 0 Å². The molecule has 0 aliphatic rings. The summed E-state index contributed by atoms with van der Waals surface area (Å²) in [6, 6.07) is 5.70. The number of pyridine rings is 1. The number of hydrogen-bond acceptors (Lipinski definition) is 3. The van der Waals surface area contributed by atoms with Crippen molar-refractivity contribution in [1.82, 2.24) is 4.98 Å². The van der Waals surface area contributed by atoms with Crippen molar-refractivity contribution in [2.45, 2.75) is 0 Å². The second kappa shape index (κ2) is 7.49. The number of esters is 1. The van der Waals surface area contributed by atoms with Crippen molar-refractivity contribution in [3.05, 3.63) is 41.7 Å². The van der Waals surface area contributed by atoms with Crippen LogP contribution < -0.4 is 0 Å². The molecule has 0 saturated carbocycles. The highest BCUT2D eigenvalue weighted by atomic mass is 79.9. The van der Waals surface area contributed by atoms with Crippen LogP contribution in [0.2, 0.25) is 0 Å². The Hall–Kier alpha value is -1.16. The molecular formula is C9H10BrNO2. The van der Waals surface area contributed by atoms with Crippen LogP contribution in [0.5, 0.6) is 0 Å². The van der Waals surface area contributed by atoms with E-state index in [-0.39, 0.29) is 0 Å². The van der Waals surface area contributed by atoms with E-state index >= 15 is 0 Å². The molecule has 0 fully saturated rings. The van der Waals surface area contributed by atoms with Crippen molar-refractivity contribution < 1.29 is 9.53 Å². The predicted molar refractivity (Wildman–Crippen MR) is 54.2 cm³/mol. The molecule has 3 nitrogen and oxygen atoms in total. The molecule has 0 atom stereocenters. The largest absolute Gasteiger partial charge is 0.466 e. The van der Waals surface area contributed by atoms with Crippen molar-refractivity contribution in [2.24, 2.45) is 0 Å². The summed E-state index contributed by atoms with van der Waals surface area (Å²) >= 11 is 3.20. The van der Waals surface area contributed by atoms with Gasteiger partial charge in [-0.15, -0.1) is 0 Å². The summed E-state index contributed by atoms with van der Waals surface area (Å²) in [5, 5.41) is 0. The quantitative estimate of drug-likeness (QED) is 0.432. The van der Waals surface area contributed by atoms with E-state index in [9.17, 15) is 4.79 Å². The first-order valence-corrected chi connectivity index (χ1v) is 4.27. The van der Waals surface area contributed by atoms with Gasteiger partial charge in [-0.2, -0.15) is 0 Å². The lowest BCUT2D eigenvalue weighted by atomic mass is 10.5. The molecule has 0 unspecified atom stereocenters. The number of carbonyl (C=O) groups excluding carboxylic acids is 1. The lowest BCUT2D eigenvalue weighted by Gasteiger charge is -1.83. The van der Waals surface area contributed by atoms with Crippen LogP contribution in [-0.4, -0.2) is 18.1 Å². The first kappa shape index (κ1) is 11.8. The van der Waals surface area contributed by atoms with E-state index in [1.165, 1.54) is 7.11 Å². The minimum atomic E-state index is -0.394. The third kappa shape index (κ3) is 7.21. The molecule has 0 saturated heterocycles. The van der Waals surface area contributed by atoms with Gasteiger partial charge in [0.2, 0.25) is 0 Å². The Labute approximate surface area is 85.6 Å². The molecule has 0 aliphatic heterocycles. The Morgan fingerprint density at radius 1 is 1.69 bits per heavy atom. The van der Waals surface area contributed by atoms with Gasteiger partial charge in [0.25, 0.3) is 0 Å². The highest BCUT2D eigenvalue weighted by Crippen LogP contribution is 2.00. The molecule has 1 heterocycles. The van der Waals surface area contributed by atoms with E-state index in [1.54, 1.807) is 6.20 Å². The second-order valence-corrected chi connectivity index (χ2v) is 2.69. The molecule has 0 spiro atoms. The predicted octanol–water partition coefficient (Wildman–Crippen LogP) is 2.19. The number of ether oxygens (including phenoxy) is 1. The summed E-state index contributed by atoms with van der Waals surface area (Å²) in [5.41, 5.74) is 0. The topological polar surface area (TPSA) is 39.2 Å². The fourth-order valence-corrected chi connectivity index (χ4v) is 0.696. The fraction of sp³-hybridized carbons (Fsp3) is 0.111. The summed E-state index contributed by atoms with van der Waals surface area (Å²) < 4.78 is 5.03. The third-order valence-corrected chi connectivity index (χ3v) is 1.47. The molecule has 13 heavy (non-hydrogen) atoms. The van der Waals surface area contributed by atoms with Gasteiger partial charge < -0.3 is 4.74 Å². The number of hydrogen-bond donors (Lipinski definition) is 0. The number of methoxy groups -OCH3 is 1. The third-order valence-electron chi connectivity index (χ3n) is 0.997. The molecular weight excluding hydrogens is 234 g/mol. The summed E-state index contributed by atoms with van der Waals surface area (Å²) in [4.78, 5) is 13.7. The van der Waals surface area contributed by atoms with Crippen molar-refractivity contribution in [3.63, 3.8) is 0 Å². The summed E-state index contributed by atoms with van der Waals surface area (Å²) in [7, 11) is 1.31. The zero-order valence-electron chi connectivity index (χ0n) is 7.24. The van der Waals surface area contributed by atoms with Crippen LogP contribution >= 0.6 is 15.9 Å². The minimum Gasteiger partial charge on any atom is -0.466 e. The fourth-order valence-electron chi connectivity index (χ4n) is 0.425. The number of nitrogens with zero attached hydrogens (tertiary/aromatic N) is 1. The molecule has 0 aliphatic carbocycles. The van der Waals surface area contributed by atoms with Gasteiger partial charge in [-0.3, -0.25) is 0 Å². The van der Waals surface area contributed by atoms with Crippen molar-refractivity contribution >= 4 is 21.9 Å². The Bertz CT molecular complexity index is 262. The van der Waals surface area contributed by atoms with E-state index in [0.29, 0.717) is 0 Å². The van der Waals surface area contributed by atoms with Gasteiger partial charge >= 0.3 is 5.97 Å². The molecule has 1 aromatic rings. The van der Waals surface area contributed by atoms with Crippen LogP contribution in [0.3, 0.4) is 0 Å². The zero-order valence-corrected chi connectivity index (χ0v) is 8.82. The van der Waals surface area contributed by atoms with Crippen LogP contribution in [0.25, 0.3) is 0 Å². The molecule has 0 aromatic carbocycles. The van der Waals surface area contributed by atoms with Crippen LogP contribution in [-0.2, 0) is 9.53 Å². The zero-order chi connectivity index (χ0) is 10.1. The maximum atomic E-state index is 9.84. The van der Waals surface area contributed by atoms with Gasteiger partial charge in [0.1, 0.15) is 4.60 Å². The van der Waals surface area contributed by atoms with Crippen LogP contribution in [0, 0.1) is 0 Å². The number of halogens is 1.